The molecule has 3 rings (SSSR count). The number of phenolic OH excluding ortho intramolecular Hbond substituents is 1. The number of aliphatic hydroxyl groups excluding tert-OH is 1. The topological polar surface area (TPSA) is 100 Å². The van der Waals surface area contributed by atoms with E-state index in [2.05, 4.69) is 0 Å². The zero-order valence-electron chi connectivity index (χ0n) is 14.7. The maximum absolute atomic E-state index is 12.4. The number of benzene rings is 2. The van der Waals surface area contributed by atoms with Crippen LogP contribution in [0.2, 0.25) is 0 Å². The highest BCUT2D eigenvalue weighted by atomic mass is 16.5. The molecule has 0 aliphatic heterocycles. The molecule has 140 valence electrons. The number of likely N-dealkylation sites (N-methyl/N-ethyl adjacent to an activating group) is 1. The first kappa shape index (κ1) is 18.5. The average Bonchev–Trinajstić information content (AvgIpc) is 2.66. The van der Waals surface area contributed by atoms with Gasteiger partial charge in [0, 0.05) is 37.4 Å². The van der Waals surface area contributed by atoms with Crippen molar-refractivity contribution in [3.8, 4) is 22.8 Å². The molecule has 0 fully saturated rings. The predicted molar refractivity (Wildman–Crippen MR) is 99.8 cm³/mol. The number of aromatic hydroxyl groups is 1. The molecule has 0 aliphatic carbocycles. The van der Waals surface area contributed by atoms with E-state index in [0.29, 0.717) is 5.76 Å². The lowest BCUT2D eigenvalue weighted by atomic mass is 10.1. The summed E-state index contributed by atoms with van der Waals surface area (Å²) in [5.74, 6) is -0.0577. The van der Waals surface area contributed by atoms with Gasteiger partial charge in [-0.05, 0) is 0 Å². The van der Waals surface area contributed by atoms with Crippen molar-refractivity contribution in [3.63, 3.8) is 0 Å². The number of carbonyl (C=O) groups excluding carboxylic acids is 1. The molecule has 0 atom stereocenters. The number of fused-ring (bicyclic) bond motifs is 1. The molecule has 2 N–H and O–H groups in total. The molecular formula is C20H19NO6. The van der Waals surface area contributed by atoms with E-state index in [1.54, 1.807) is 19.2 Å². The molecule has 0 bridgehead atoms. The van der Waals surface area contributed by atoms with Crippen molar-refractivity contribution in [2.45, 2.75) is 0 Å². The average molecular weight is 369 g/mol. The van der Waals surface area contributed by atoms with Crippen molar-refractivity contribution >= 4 is 16.9 Å². The smallest absolute Gasteiger partial charge is 0.260 e. The highest BCUT2D eigenvalue weighted by Gasteiger charge is 2.14. The summed E-state index contributed by atoms with van der Waals surface area (Å²) in [5, 5.41) is 19.1. The van der Waals surface area contributed by atoms with Gasteiger partial charge < -0.3 is 24.3 Å². The van der Waals surface area contributed by atoms with Gasteiger partial charge in [-0.2, -0.15) is 0 Å². The van der Waals surface area contributed by atoms with Crippen molar-refractivity contribution < 1.29 is 24.2 Å². The molecular weight excluding hydrogens is 350 g/mol. The third-order valence-corrected chi connectivity index (χ3v) is 4.07. The fourth-order valence-electron chi connectivity index (χ4n) is 2.60. The quantitative estimate of drug-likeness (QED) is 0.689. The Morgan fingerprint density at radius 2 is 1.93 bits per heavy atom. The summed E-state index contributed by atoms with van der Waals surface area (Å²) in [4.78, 5) is 25.6. The van der Waals surface area contributed by atoms with Gasteiger partial charge >= 0.3 is 0 Å². The van der Waals surface area contributed by atoms with E-state index in [1.165, 1.54) is 23.1 Å². The van der Waals surface area contributed by atoms with Crippen molar-refractivity contribution in [3.05, 3.63) is 58.8 Å². The molecule has 0 spiro atoms. The number of ether oxygens (including phenoxy) is 1. The van der Waals surface area contributed by atoms with Crippen LogP contribution in [0.1, 0.15) is 0 Å². The van der Waals surface area contributed by atoms with Gasteiger partial charge in [0.1, 0.15) is 28.2 Å². The molecule has 27 heavy (non-hydrogen) atoms. The van der Waals surface area contributed by atoms with Crippen LogP contribution >= 0.6 is 0 Å². The van der Waals surface area contributed by atoms with Crippen LogP contribution in [0.15, 0.2) is 57.7 Å². The van der Waals surface area contributed by atoms with E-state index in [9.17, 15) is 14.7 Å². The fourth-order valence-corrected chi connectivity index (χ4v) is 2.60. The lowest BCUT2D eigenvalue weighted by molar-refractivity contribution is -0.132. The molecule has 0 unspecified atom stereocenters. The first-order valence-electron chi connectivity index (χ1n) is 8.33. The summed E-state index contributed by atoms with van der Waals surface area (Å²) in [6.07, 6.45) is 0. The summed E-state index contributed by atoms with van der Waals surface area (Å²) in [6.45, 7) is -0.225. The van der Waals surface area contributed by atoms with E-state index in [1.807, 2.05) is 18.2 Å². The summed E-state index contributed by atoms with van der Waals surface area (Å²) in [7, 11) is 1.55. The molecule has 0 saturated carbocycles. The van der Waals surface area contributed by atoms with Crippen LogP contribution in [-0.2, 0) is 4.79 Å². The minimum Gasteiger partial charge on any atom is -0.507 e. The van der Waals surface area contributed by atoms with E-state index < -0.39 is 0 Å². The number of hydrogen-bond donors (Lipinski definition) is 2. The second-order valence-electron chi connectivity index (χ2n) is 5.98. The summed E-state index contributed by atoms with van der Waals surface area (Å²) in [5.41, 5.74) is 0.508. The van der Waals surface area contributed by atoms with Crippen molar-refractivity contribution in [2.24, 2.45) is 0 Å². The molecule has 0 saturated heterocycles. The molecule has 0 aliphatic rings. The lowest BCUT2D eigenvalue weighted by Crippen LogP contribution is -2.33. The molecule has 7 heteroatoms. The van der Waals surface area contributed by atoms with Gasteiger partial charge in [0.15, 0.2) is 12.0 Å². The van der Waals surface area contributed by atoms with Crippen LogP contribution in [0.3, 0.4) is 0 Å². The largest absolute Gasteiger partial charge is 0.507 e. The Labute approximate surface area is 155 Å². The minimum atomic E-state index is -0.377. The van der Waals surface area contributed by atoms with Crippen LogP contribution in [-0.4, -0.2) is 47.8 Å². The molecule has 1 amide bonds. The Morgan fingerprint density at radius 1 is 1.19 bits per heavy atom. The third kappa shape index (κ3) is 4.09. The van der Waals surface area contributed by atoms with Crippen molar-refractivity contribution in [1.29, 1.82) is 0 Å². The Hall–Kier alpha value is -3.32. The Morgan fingerprint density at radius 3 is 2.63 bits per heavy atom. The van der Waals surface area contributed by atoms with Gasteiger partial charge in [-0.1, -0.05) is 30.3 Å². The number of aliphatic hydroxyl groups is 1. The van der Waals surface area contributed by atoms with E-state index in [0.717, 1.165) is 5.56 Å². The van der Waals surface area contributed by atoms with Crippen LogP contribution in [0.5, 0.6) is 11.5 Å². The maximum Gasteiger partial charge on any atom is 0.260 e. The number of phenols is 1. The first-order chi connectivity index (χ1) is 13.0. The second kappa shape index (κ2) is 7.92. The lowest BCUT2D eigenvalue weighted by Gasteiger charge is -2.16. The second-order valence-corrected chi connectivity index (χ2v) is 5.98. The predicted octanol–water partition coefficient (Wildman–Crippen LogP) is 2.00. The minimum absolute atomic E-state index is 0.0470. The van der Waals surface area contributed by atoms with Crippen LogP contribution < -0.4 is 10.2 Å². The number of amides is 1. The highest BCUT2D eigenvalue weighted by molar-refractivity contribution is 5.86. The summed E-state index contributed by atoms with van der Waals surface area (Å²) in [6, 6.07) is 13.2. The monoisotopic (exact) mass is 369 g/mol. The van der Waals surface area contributed by atoms with Crippen LogP contribution in [0, 0.1) is 0 Å². The van der Waals surface area contributed by atoms with Gasteiger partial charge in [0.2, 0.25) is 0 Å². The zero-order chi connectivity index (χ0) is 19.4. The Bertz CT molecular complexity index is 1010. The number of hydrogen-bond acceptors (Lipinski definition) is 6. The zero-order valence-corrected chi connectivity index (χ0v) is 14.7. The Balaban J connectivity index is 1.92. The van der Waals surface area contributed by atoms with E-state index in [4.69, 9.17) is 14.3 Å². The van der Waals surface area contributed by atoms with Crippen LogP contribution in [0.4, 0.5) is 0 Å². The number of rotatable bonds is 6. The summed E-state index contributed by atoms with van der Waals surface area (Å²) < 4.78 is 11.2. The SMILES string of the molecule is CN(CCO)C(=O)COc1cc(O)c2c(=O)cc(-c3ccccc3)oc2c1. The fraction of sp³-hybridized carbons (Fsp3) is 0.200. The molecule has 2 aromatic carbocycles. The van der Waals surface area contributed by atoms with Gasteiger partial charge in [-0.3, -0.25) is 9.59 Å². The van der Waals surface area contributed by atoms with Gasteiger partial charge in [-0.15, -0.1) is 0 Å². The molecule has 0 radical (unpaired) electrons. The van der Waals surface area contributed by atoms with Gasteiger partial charge in [0.05, 0.1) is 6.61 Å². The van der Waals surface area contributed by atoms with E-state index in [-0.39, 0.29) is 53.6 Å². The van der Waals surface area contributed by atoms with Crippen molar-refractivity contribution in [2.75, 3.05) is 26.8 Å². The maximum atomic E-state index is 12.4. The molecule has 3 aromatic rings. The van der Waals surface area contributed by atoms with Gasteiger partial charge in [-0.25, -0.2) is 0 Å². The number of nitrogens with zero attached hydrogens (tertiary/aromatic N) is 1. The molecule has 7 nitrogen and oxygen atoms in total. The standard InChI is InChI=1S/C20H19NO6/c1-21(7-8-22)19(25)12-26-14-9-15(23)20-16(24)11-17(27-18(20)10-14)13-5-3-2-4-6-13/h2-6,9-11,22-23H,7-8,12H2,1H3. The van der Waals surface area contributed by atoms with E-state index >= 15 is 0 Å². The number of carbonyl (C=O) groups is 1. The highest BCUT2D eigenvalue weighted by Crippen LogP contribution is 2.31. The normalized spacial score (nSPS) is 10.7. The first-order valence-corrected chi connectivity index (χ1v) is 8.33. The molecule has 1 aromatic heterocycles. The van der Waals surface area contributed by atoms with Gasteiger partial charge in [0.25, 0.3) is 5.91 Å². The Kier molecular flexibility index (Phi) is 5.42. The summed E-state index contributed by atoms with van der Waals surface area (Å²) >= 11 is 0. The molecule has 1 heterocycles. The third-order valence-electron chi connectivity index (χ3n) is 4.07. The van der Waals surface area contributed by atoms with Crippen LogP contribution in [0.25, 0.3) is 22.3 Å². The van der Waals surface area contributed by atoms with Crippen molar-refractivity contribution in [1.82, 2.24) is 4.90 Å².